The van der Waals surface area contributed by atoms with Gasteiger partial charge in [-0.2, -0.15) is 0 Å². The quantitative estimate of drug-likeness (QED) is 0.349. The fourth-order valence-corrected chi connectivity index (χ4v) is 3.31. The highest BCUT2D eigenvalue weighted by atomic mass is 16.5. The molecule has 5 nitrogen and oxygen atoms in total. The van der Waals surface area contributed by atoms with Gasteiger partial charge in [0.25, 0.3) is 0 Å². The standard InChI is InChI=1S/C26H23NO4/c28-24(29)12-7-17-30-22-15-13-19(14-16-22)18-23-27-25(20-8-3-1-4-9-20)26(31-23)21-10-5-2-6-11-21/h1-6,8-11,13-16H,7,12,17-18H2,(H,28,29). The fourth-order valence-electron chi connectivity index (χ4n) is 3.31. The number of oxazole rings is 1. The van der Waals surface area contributed by atoms with Gasteiger partial charge in [-0.15, -0.1) is 0 Å². The number of hydrogen-bond donors (Lipinski definition) is 1. The van der Waals surface area contributed by atoms with Gasteiger partial charge in [-0.25, -0.2) is 4.98 Å². The van der Waals surface area contributed by atoms with Crippen molar-refractivity contribution >= 4 is 5.97 Å². The van der Waals surface area contributed by atoms with Crippen molar-refractivity contribution in [2.45, 2.75) is 19.3 Å². The highest BCUT2D eigenvalue weighted by Crippen LogP contribution is 2.33. The number of benzene rings is 3. The second-order valence-electron chi connectivity index (χ2n) is 7.18. The number of aromatic nitrogens is 1. The first kappa shape index (κ1) is 20.4. The van der Waals surface area contributed by atoms with Gasteiger partial charge in [0.15, 0.2) is 11.7 Å². The Balaban J connectivity index is 1.51. The lowest BCUT2D eigenvalue weighted by atomic mass is 10.1. The second kappa shape index (κ2) is 9.76. The van der Waals surface area contributed by atoms with E-state index in [1.54, 1.807) is 0 Å². The highest BCUT2D eigenvalue weighted by molar-refractivity contribution is 5.76. The van der Waals surface area contributed by atoms with Gasteiger partial charge < -0.3 is 14.3 Å². The average Bonchev–Trinajstić information content (AvgIpc) is 3.23. The van der Waals surface area contributed by atoms with Gasteiger partial charge in [-0.3, -0.25) is 4.79 Å². The summed E-state index contributed by atoms with van der Waals surface area (Å²) in [5.41, 5.74) is 3.89. The first-order valence-corrected chi connectivity index (χ1v) is 10.2. The van der Waals surface area contributed by atoms with Gasteiger partial charge in [-0.1, -0.05) is 72.8 Å². The fraction of sp³-hybridized carbons (Fsp3) is 0.154. The summed E-state index contributed by atoms with van der Waals surface area (Å²) >= 11 is 0. The van der Waals surface area contributed by atoms with Gasteiger partial charge in [0.1, 0.15) is 11.4 Å². The predicted molar refractivity (Wildman–Crippen MR) is 119 cm³/mol. The molecular weight excluding hydrogens is 390 g/mol. The number of carbonyl (C=O) groups is 1. The molecule has 0 saturated carbocycles. The monoisotopic (exact) mass is 413 g/mol. The number of aliphatic carboxylic acids is 1. The molecule has 3 aromatic carbocycles. The molecule has 1 N–H and O–H groups in total. The van der Waals surface area contributed by atoms with Crippen molar-refractivity contribution in [1.29, 1.82) is 0 Å². The minimum absolute atomic E-state index is 0.107. The Morgan fingerprint density at radius 2 is 1.52 bits per heavy atom. The van der Waals surface area contributed by atoms with Crippen molar-refractivity contribution in [3.8, 4) is 28.3 Å². The smallest absolute Gasteiger partial charge is 0.303 e. The van der Waals surface area contributed by atoms with Gasteiger partial charge in [0.05, 0.1) is 6.61 Å². The molecule has 0 aliphatic heterocycles. The Kier molecular flexibility index (Phi) is 6.43. The Labute approximate surface area is 181 Å². The molecule has 1 heterocycles. The Morgan fingerprint density at radius 3 is 2.16 bits per heavy atom. The molecule has 0 amide bonds. The van der Waals surface area contributed by atoms with Crippen LogP contribution in [0.25, 0.3) is 22.6 Å². The molecule has 0 spiro atoms. The van der Waals surface area contributed by atoms with Crippen LogP contribution in [0.3, 0.4) is 0 Å². The number of ether oxygens (including phenoxy) is 1. The molecule has 0 bridgehead atoms. The first-order valence-electron chi connectivity index (χ1n) is 10.2. The van der Waals surface area contributed by atoms with Crippen LogP contribution in [0.2, 0.25) is 0 Å². The van der Waals surface area contributed by atoms with Crippen LogP contribution >= 0.6 is 0 Å². The lowest BCUT2D eigenvalue weighted by molar-refractivity contribution is -0.137. The van der Waals surface area contributed by atoms with Crippen LogP contribution in [0, 0.1) is 0 Å². The molecule has 156 valence electrons. The summed E-state index contributed by atoms with van der Waals surface area (Å²) in [5.74, 6) is 1.32. The van der Waals surface area contributed by atoms with Crippen LogP contribution in [0.5, 0.6) is 5.75 Å². The van der Waals surface area contributed by atoms with Crippen LogP contribution < -0.4 is 4.74 Å². The zero-order chi connectivity index (χ0) is 21.5. The topological polar surface area (TPSA) is 72.6 Å². The summed E-state index contributed by atoms with van der Waals surface area (Å²) < 4.78 is 11.8. The number of carboxylic acids is 1. The van der Waals surface area contributed by atoms with Crippen LogP contribution in [0.4, 0.5) is 0 Å². The van der Waals surface area contributed by atoms with Crippen molar-refractivity contribution in [1.82, 2.24) is 4.98 Å². The molecular formula is C26H23NO4. The van der Waals surface area contributed by atoms with Crippen LogP contribution in [0.1, 0.15) is 24.3 Å². The minimum Gasteiger partial charge on any atom is -0.494 e. The van der Waals surface area contributed by atoms with E-state index in [1.807, 2.05) is 84.9 Å². The number of carboxylic acid groups (broad SMARTS) is 1. The highest BCUT2D eigenvalue weighted by Gasteiger charge is 2.17. The third kappa shape index (κ3) is 5.39. The molecule has 0 fully saturated rings. The SMILES string of the molecule is O=C(O)CCCOc1ccc(Cc2nc(-c3ccccc3)c(-c3ccccc3)o2)cc1. The molecule has 0 aliphatic rings. The molecule has 5 heteroatoms. The van der Waals surface area contributed by atoms with E-state index in [1.165, 1.54) is 0 Å². The largest absolute Gasteiger partial charge is 0.494 e. The van der Waals surface area contributed by atoms with Gasteiger partial charge in [-0.05, 0) is 24.1 Å². The van der Waals surface area contributed by atoms with E-state index in [0.29, 0.717) is 25.3 Å². The van der Waals surface area contributed by atoms with Crippen molar-refractivity contribution in [2.24, 2.45) is 0 Å². The predicted octanol–water partition coefficient (Wildman–Crippen LogP) is 5.84. The molecule has 0 unspecified atom stereocenters. The molecule has 31 heavy (non-hydrogen) atoms. The number of hydrogen-bond acceptors (Lipinski definition) is 4. The van der Waals surface area contributed by atoms with E-state index >= 15 is 0 Å². The zero-order valence-corrected chi connectivity index (χ0v) is 17.0. The van der Waals surface area contributed by atoms with Crippen LogP contribution in [0.15, 0.2) is 89.3 Å². The molecule has 0 saturated heterocycles. The van der Waals surface area contributed by atoms with E-state index < -0.39 is 5.97 Å². The molecule has 0 aliphatic carbocycles. The third-order valence-corrected chi connectivity index (χ3v) is 4.84. The van der Waals surface area contributed by atoms with E-state index in [9.17, 15) is 4.79 Å². The Morgan fingerprint density at radius 1 is 0.871 bits per heavy atom. The maximum absolute atomic E-state index is 10.6. The second-order valence-corrected chi connectivity index (χ2v) is 7.18. The first-order chi connectivity index (χ1) is 15.2. The van der Waals surface area contributed by atoms with Crippen molar-refractivity contribution in [2.75, 3.05) is 6.61 Å². The summed E-state index contributed by atoms with van der Waals surface area (Å²) in [6, 6.07) is 27.7. The Hall–Kier alpha value is -3.86. The summed E-state index contributed by atoms with van der Waals surface area (Å²) in [6.45, 7) is 0.381. The maximum Gasteiger partial charge on any atom is 0.303 e. The van der Waals surface area contributed by atoms with Gasteiger partial charge in [0.2, 0.25) is 0 Å². The van der Waals surface area contributed by atoms with Crippen molar-refractivity contribution in [3.63, 3.8) is 0 Å². The number of rotatable bonds is 9. The normalized spacial score (nSPS) is 10.7. The van der Waals surface area contributed by atoms with Crippen LogP contribution in [-0.4, -0.2) is 22.7 Å². The molecule has 4 rings (SSSR count). The van der Waals surface area contributed by atoms with Gasteiger partial charge in [0, 0.05) is 24.0 Å². The zero-order valence-electron chi connectivity index (χ0n) is 17.0. The maximum atomic E-state index is 10.6. The van der Waals surface area contributed by atoms with Crippen molar-refractivity contribution < 1.29 is 19.1 Å². The summed E-state index contributed by atoms with van der Waals surface area (Å²) in [7, 11) is 0. The summed E-state index contributed by atoms with van der Waals surface area (Å²) in [6.07, 6.45) is 1.15. The van der Waals surface area contributed by atoms with E-state index in [4.69, 9.17) is 19.2 Å². The molecule has 4 aromatic rings. The molecule has 0 atom stereocenters. The third-order valence-electron chi connectivity index (χ3n) is 4.84. The molecule has 0 radical (unpaired) electrons. The molecule has 1 aromatic heterocycles. The minimum atomic E-state index is -0.811. The van der Waals surface area contributed by atoms with E-state index in [-0.39, 0.29) is 6.42 Å². The average molecular weight is 413 g/mol. The van der Waals surface area contributed by atoms with E-state index in [0.717, 1.165) is 33.9 Å². The van der Waals surface area contributed by atoms with Gasteiger partial charge >= 0.3 is 5.97 Å². The lowest BCUT2D eigenvalue weighted by Crippen LogP contribution is -2.02. The van der Waals surface area contributed by atoms with E-state index in [2.05, 4.69) is 0 Å². The van der Waals surface area contributed by atoms with Crippen molar-refractivity contribution in [3.05, 3.63) is 96.4 Å². The van der Waals surface area contributed by atoms with Crippen LogP contribution in [-0.2, 0) is 11.2 Å². The summed E-state index contributed by atoms with van der Waals surface area (Å²) in [4.78, 5) is 15.4. The summed E-state index contributed by atoms with van der Waals surface area (Å²) in [5, 5.41) is 8.68. The lowest BCUT2D eigenvalue weighted by Gasteiger charge is -2.06. The Bertz CT molecular complexity index is 1060. The number of nitrogens with zero attached hydrogens (tertiary/aromatic N) is 1.